The van der Waals surface area contributed by atoms with Crippen molar-refractivity contribution in [3.8, 4) is 17.2 Å². The third-order valence-electron chi connectivity index (χ3n) is 4.31. The van der Waals surface area contributed by atoms with Gasteiger partial charge < -0.3 is 19.5 Å². The summed E-state index contributed by atoms with van der Waals surface area (Å²) in [6, 6.07) is 10.6. The van der Waals surface area contributed by atoms with Crippen molar-refractivity contribution in [2.75, 3.05) is 31.0 Å². The molecule has 0 aromatic heterocycles. The van der Waals surface area contributed by atoms with E-state index >= 15 is 0 Å². The van der Waals surface area contributed by atoms with E-state index in [1.165, 1.54) is 12.0 Å². The summed E-state index contributed by atoms with van der Waals surface area (Å²) in [4.78, 5) is 26.7. The molecule has 3 rings (SSSR count). The van der Waals surface area contributed by atoms with Crippen molar-refractivity contribution in [2.24, 2.45) is 0 Å². The number of nitrogens with one attached hydrogen (secondary N) is 1. The summed E-state index contributed by atoms with van der Waals surface area (Å²) in [5.41, 5.74) is 2.03. The minimum atomic E-state index is -0.653. The molecule has 142 valence electrons. The number of hydrogen-bond donors (Lipinski definition) is 1. The van der Waals surface area contributed by atoms with Crippen LogP contribution in [0, 0.1) is 6.92 Å². The number of methoxy groups -OCH3 is 2. The zero-order chi connectivity index (χ0) is 19.6. The van der Waals surface area contributed by atoms with E-state index in [1.54, 1.807) is 32.2 Å². The van der Waals surface area contributed by atoms with Gasteiger partial charge in [-0.15, -0.1) is 0 Å². The molecule has 1 N–H and O–H groups in total. The molecule has 27 heavy (non-hydrogen) atoms. The van der Waals surface area contributed by atoms with Crippen molar-refractivity contribution in [3.63, 3.8) is 0 Å². The molecule has 1 heterocycles. The fourth-order valence-electron chi connectivity index (χ4n) is 2.93. The van der Waals surface area contributed by atoms with Crippen LogP contribution in [0.1, 0.15) is 12.5 Å². The molecule has 1 aliphatic heterocycles. The SMILES string of the molecule is COc1ccc(OC)c(NC(=O)CN2C(=O)C(C)Oc3ccc(C)cc32)c1. The van der Waals surface area contributed by atoms with Crippen LogP contribution in [0.3, 0.4) is 0 Å². The summed E-state index contributed by atoms with van der Waals surface area (Å²) in [5, 5.41) is 2.79. The minimum Gasteiger partial charge on any atom is -0.497 e. The molecule has 0 aliphatic carbocycles. The van der Waals surface area contributed by atoms with E-state index in [1.807, 2.05) is 25.1 Å². The lowest BCUT2D eigenvalue weighted by Gasteiger charge is -2.32. The number of fused-ring (bicyclic) bond motifs is 1. The number of rotatable bonds is 5. The summed E-state index contributed by atoms with van der Waals surface area (Å²) in [5.74, 6) is 1.06. The van der Waals surface area contributed by atoms with Crippen molar-refractivity contribution in [2.45, 2.75) is 20.0 Å². The Morgan fingerprint density at radius 1 is 1.19 bits per heavy atom. The first-order chi connectivity index (χ1) is 12.9. The predicted molar refractivity (Wildman–Crippen MR) is 102 cm³/mol. The fourth-order valence-corrected chi connectivity index (χ4v) is 2.93. The Bertz CT molecular complexity index is 881. The zero-order valence-corrected chi connectivity index (χ0v) is 15.7. The van der Waals surface area contributed by atoms with E-state index in [-0.39, 0.29) is 18.4 Å². The van der Waals surface area contributed by atoms with Crippen LogP contribution in [0.2, 0.25) is 0 Å². The van der Waals surface area contributed by atoms with E-state index < -0.39 is 6.10 Å². The molecule has 2 aromatic rings. The maximum Gasteiger partial charge on any atom is 0.268 e. The number of amides is 2. The van der Waals surface area contributed by atoms with Gasteiger partial charge in [-0.05, 0) is 43.7 Å². The first-order valence-corrected chi connectivity index (χ1v) is 8.53. The van der Waals surface area contributed by atoms with Crippen LogP contribution < -0.4 is 24.4 Å². The summed E-state index contributed by atoms with van der Waals surface area (Å²) in [6.45, 7) is 3.45. The van der Waals surface area contributed by atoms with Gasteiger partial charge in [-0.2, -0.15) is 0 Å². The fraction of sp³-hybridized carbons (Fsp3) is 0.300. The van der Waals surface area contributed by atoms with Crippen LogP contribution in [0.25, 0.3) is 0 Å². The van der Waals surface area contributed by atoms with Gasteiger partial charge in [0.1, 0.15) is 23.8 Å². The largest absolute Gasteiger partial charge is 0.497 e. The molecule has 0 saturated heterocycles. The molecule has 7 heteroatoms. The van der Waals surface area contributed by atoms with E-state index in [2.05, 4.69) is 5.32 Å². The number of benzene rings is 2. The van der Waals surface area contributed by atoms with E-state index in [9.17, 15) is 9.59 Å². The number of ether oxygens (including phenoxy) is 3. The highest BCUT2D eigenvalue weighted by atomic mass is 16.5. The molecule has 1 unspecified atom stereocenters. The van der Waals surface area contributed by atoms with E-state index in [0.717, 1.165) is 5.56 Å². The second-order valence-corrected chi connectivity index (χ2v) is 6.27. The Kier molecular flexibility index (Phi) is 5.21. The lowest BCUT2D eigenvalue weighted by Crippen LogP contribution is -2.47. The number of nitrogens with zero attached hydrogens (tertiary/aromatic N) is 1. The lowest BCUT2D eigenvalue weighted by molar-refractivity contribution is -0.127. The van der Waals surface area contributed by atoms with Crippen molar-refractivity contribution >= 4 is 23.2 Å². The van der Waals surface area contributed by atoms with Crippen LogP contribution in [-0.4, -0.2) is 38.7 Å². The molecule has 2 amide bonds. The van der Waals surface area contributed by atoms with Crippen molar-refractivity contribution < 1.29 is 23.8 Å². The van der Waals surface area contributed by atoms with Crippen LogP contribution >= 0.6 is 0 Å². The smallest absolute Gasteiger partial charge is 0.268 e. The van der Waals surface area contributed by atoms with Gasteiger partial charge in [0.15, 0.2) is 6.10 Å². The zero-order valence-electron chi connectivity index (χ0n) is 15.7. The van der Waals surface area contributed by atoms with Crippen LogP contribution in [-0.2, 0) is 9.59 Å². The standard InChI is InChI=1S/C20H22N2O5/c1-12-5-7-18-16(9-12)22(20(24)13(2)27-18)11-19(23)21-15-10-14(25-3)6-8-17(15)26-4/h5-10,13H,11H2,1-4H3,(H,21,23). The van der Waals surface area contributed by atoms with Crippen molar-refractivity contribution in [3.05, 3.63) is 42.0 Å². The molecule has 0 saturated carbocycles. The average molecular weight is 370 g/mol. The lowest BCUT2D eigenvalue weighted by atomic mass is 10.1. The Hall–Kier alpha value is -3.22. The highest BCUT2D eigenvalue weighted by Crippen LogP contribution is 2.35. The third-order valence-corrected chi connectivity index (χ3v) is 4.31. The summed E-state index contributed by atoms with van der Waals surface area (Å²) >= 11 is 0. The Morgan fingerprint density at radius 2 is 1.96 bits per heavy atom. The highest BCUT2D eigenvalue weighted by Gasteiger charge is 2.32. The molecular weight excluding hydrogens is 348 g/mol. The molecule has 7 nitrogen and oxygen atoms in total. The van der Waals surface area contributed by atoms with Crippen LogP contribution in [0.4, 0.5) is 11.4 Å². The maximum absolute atomic E-state index is 12.7. The Balaban J connectivity index is 1.84. The highest BCUT2D eigenvalue weighted by molar-refractivity contribution is 6.06. The Labute approximate surface area is 157 Å². The van der Waals surface area contributed by atoms with Gasteiger partial charge in [-0.3, -0.25) is 14.5 Å². The number of carbonyl (C=O) groups excluding carboxylic acids is 2. The van der Waals surface area contributed by atoms with E-state index in [0.29, 0.717) is 28.6 Å². The van der Waals surface area contributed by atoms with Gasteiger partial charge in [0.25, 0.3) is 5.91 Å². The van der Waals surface area contributed by atoms with Gasteiger partial charge in [0, 0.05) is 6.07 Å². The molecular formula is C20H22N2O5. The van der Waals surface area contributed by atoms with Crippen molar-refractivity contribution in [1.29, 1.82) is 0 Å². The minimum absolute atomic E-state index is 0.136. The maximum atomic E-state index is 12.7. The van der Waals surface area contributed by atoms with Gasteiger partial charge in [-0.1, -0.05) is 6.07 Å². The molecule has 1 atom stereocenters. The molecule has 1 aliphatic rings. The van der Waals surface area contributed by atoms with Gasteiger partial charge in [0.2, 0.25) is 5.91 Å². The molecule has 0 radical (unpaired) electrons. The Morgan fingerprint density at radius 3 is 2.67 bits per heavy atom. The topological polar surface area (TPSA) is 77.1 Å². The number of carbonyl (C=O) groups is 2. The number of aryl methyl sites for hydroxylation is 1. The first-order valence-electron chi connectivity index (χ1n) is 8.53. The van der Waals surface area contributed by atoms with E-state index in [4.69, 9.17) is 14.2 Å². The number of anilines is 2. The second-order valence-electron chi connectivity index (χ2n) is 6.27. The number of hydrogen-bond acceptors (Lipinski definition) is 5. The summed E-state index contributed by atoms with van der Waals surface area (Å²) < 4.78 is 16.1. The first kappa shape index (κ1) is 18.6. The van der Waals surface area contributed by atoms with Gasteiger partial charge in [0.05, 0.1) is 25.6 Å². The van der Waals surface area contributed by atoms with Gasteiger partial charge in [-0.25, -0.2) is 0 Å². The molecule has 0 fully saturated rings. The average Bonchev–Trinajstić information content (AvgIpc) is 2.66. The second kappa shape index (κ2) is 7.57. The molecule has 0 spiro atoms. The quantitative estimate of drug-likeness (QED) is 0.876. The van der Waals surface area contributed by atoms with Crippen LogP contribution in [0.5, 0.6) is 17.2 Å². The molecule has 0 bridgehead atoms. The molecule has 2 aromatic carbocycles. The van der Waals surface area contributed by atoms with Crippen molar-refractivity contribution in [1.82, 2.24) is 0 Å². The summed E-state index contributed by atoms with van der Waals surface area (Å²) in [7, 11) is 3.06. The summed E-state index contributed by atoms with van der Waals surface area (Å²) in [6.07, 6.45) is -0.653. The van der Waals surface area contributed by atoms with Crippen LogP contribution in [0.15, 0.2) is 36.4 Å². The monoisotopic (exact) mass is 370 g/mol. The normalized spacial score (nSPS) is 15.6. The van der Waals surface area contributed by atoms with Gasteiger partial charge >= 0.3 is 0 Å². The third kappa shape index (κ3) is 3.81. The predicted octanol–water partition coefficient (Wildman–Crippen LogP) is 2.76.